The van der Waals surface area contributed by atoms with Crippen molar-refractivity contribution in [3.05, 3.63) is 22.7 Å². The van der Waals surface area contributed by atoms with E-state index in [4.69, 9.17) is 15.6 Å². The zero-order valence-corrected chi connectivity index (χ0v) is 8.17. The van der Waals surface area contributed by atoms with E-state index in [2.05, 4.69) is 4.98 Å². The summed E-state index contributed by atoms with van der Waals surface area (Å²) < 4.78 is 6.84. The van der Waals surface area contributed by atoms with E-state index < -0.39 is 5.69 Å². The van der Waals surface area contributed by atoms with Gasteiger partial charge in [0.2, 0.25) is 0 Å². The van der Waals surface area contributed by atoms with Crippen molar-refractivity contribution < 1.29 is 9.84 Å². The van der Waals surface area contributed by atoms with E-state index in [1.54, 1.807) is 12.3 Å². The summed E-state index contributed by atoms with van der Waals surface area (Å²) in [5, 5.41) is 8.90. The van der Waals surface area contributed by atoms with Gasteiger partial charge in [-0.25, -0.2) is 4.79 Å². The van der Waals surface area contributed by atoms with Gasteiger partial charge in [-0.2, -0.15) is 4.98 Å². The molecule has 1 aromatic rings. The minimum atomic E-state index is -0.418. The molecular formula is C9H13N3O3. The van der Waals surface area contributed by atoms with Gasteiger partial charge in [-0.05, 0) is 18.9 Å². The Bertz CT molecular complexity index is 404. The molecule has 2 rings (SSSR count). The SMILES string of the molecule is Nc1ccn([C@@H]2CC[C@@H](CO)O2)c(=O)n1. The number of hydrogen-bond acceptors (Lipinski definition) is 5. The van der Waals surface area contributed by atoms with Crippen molar-refractivity contribution in [1.82, 2.24) is 9.55 Å². The van der Waals surface area contributed by atoms with Gasteiger partial charge >= 0.3 is 5.69 Å². The molecule has 2 atom stereocenters. The van der Waals surface area contributed by atoms with E-state index in [0.29, 0.717) is 6.42 Å². The number of aliphatic hydroxyl groups excluding tert-OH is 1. The number of aromatic nitrogens is 2. The van der Waals surface area contributed by atoms with Crippen LogP contribution in [0.4, 0.5) is 5.82 Å². The second kappa shape index (κ2) is 4.00. The molecule has 1 aromatic heterocycles. The average molecular weight is 211 g/mol. The van der Waals surface area contributed by atoms with Crippen molar-refractivity contribution in [3.8, 4) is 0 Å². The molecule has 0 radical (unpaired) electrons. The molecule has 1 aliphatic heterocycles. The van der Waals surface area contributed by atoms with Crippen molar-refractivity contribution in [2.75, 3.05) is 12.3 Å². The van der Waals surface area contributed by atoms with Crippen LogP contribution in [0.2, 0.25) is 0 Å². The average Bonchev–Trinajstić information content (AvgIpc) is 2.66. The van der Waals surface area contributed by atoms with Crippen LogP contribution in [-0.4, -0.2) is 27.4 Å². The molecule has 6 nitrogen and oxygen atoms in total. The molecular weight excluding hydrogens is 198 g/mol. The van der Waals surface area contributed by atoms with Gasteiger partial charge in [-0.15, -0.1) is 0 Å². The van der Waals surface area contributed by atoms with Crippen molar-refractivity contribution in [2.45, 2.75) is 25.2 Å². The second-order valence-corrected chi connectivity index (χ2v) is 3.51. The Labute approximate surface area is 86.3 Å². The second-order valence-electron chi connectivity index (χ2n) is 3.51. The number of nitrogen functional groups attached to an aromatic ring is 1. The summed E-state index contributed by atoms with van der Waals surface area (Å²) in [5.74, 6) is 0.202. The highest BCUT2D eigenvalue weighted by atomic mass is 16.5. The van der Waals surface area contributed by atoms with E-state index in [0.717, 1.165) is 6.42 Å². The van der Waals surface area contributed by atoms with Crippen molar-refractivity contribution >= 4 is 5.82 Å². The molecule has 0 bridgehead atoms. The molecule has 1 saturated heterocycles. The van der Waals surface area contributed by atoms with Crippen LogP contribution >= 0.6 is 0 Å². The van der Waals surface area contributed by atoms with Gasteiger partial charge in [0.1, 0.15) is 12.0 Å². The van der Waals surface area contributed by atoms with Crippen LogP contribution in [0.15, 0.2) is 17.1 Å². The molecule has 1 fully saturated rings. The summed E-state index contributed by atoms with van der Waals surface area (Å²) in [6.45, 7) is -0.0202. The van der Waals surface area contributed by atoms with Crippen molar-refractivity contribution in [3.63, 3.8) is 0 Å². The Morgan fingerprint density at radius 1 is 1.67 bits per heavy atom. The normalized spacial score (nSPS) is 25.7. The highest BCUT2D eigenvalue weighted by Crippen LogP contribution is 2.26. The lowest BCUT2D eigenvalue weighted by molar-refractivity contribution is -0.0245. The summed E-state index contributed by atoms with van der Waals surface area (Å²) in [5.41, 5.74) is 4.96. The highest BCUT2D eigenvalue weighted by Gasteiger charge is 2.26. The maximum atomic E-state index is 11.5. The first-order valence-corrected chi connectivity index (χ1v) is 4.81. The first-order valence-electron chi connectivity index (χ1n) is 4.81. The summed E-state index contributed by atoms with van der Waals surface area (Å²) in [6.07, 6.45) is 2.51. The molecule has 15 heavy (non-hydrogen) atoms. The summed E-state index contributed by atoms with van der Waals surface area (Å²) in [7, 11) is 0. The van der Waals surface area contributed by atoms with E-state index in [-0.39, 0.29) is 24.8 Å². The first kappa shape index (κ1) is 10.1. The Kier molecular flexibility index (Phi) is 2.70. The molecule has 0 spiro atoms. The zero-order valence-electron chi connectivity index (χ0n) is 8.17. The summed E-state index contributed by atoms with van der Waals surface area (Å²) in [6, 6.07) is 1.55. The predicted molar refractivity (Wildman–Crippen MR) is 53.1 cm³/mol. The van der Waals surface area contributed by atoms with Gasteiger partial charge in [-0.3, -0.25) is 4.57 Å². The third kappa shape index (κ3) is 2.00. The number of hydrogen-bond donors (Lipinski definition) is 2. The molecule has 0 saturated carbocycles. The number of anilines is 1. The van der Waals surface area contributed by atoms with Gasteiger partial charge in [0.15, 0.2) is 0 Å². The van der Waals surface area contributed by atoms with E-state index >= 15 is 0 Å². The minimum absolute atomic E-state index is 0.0202. The number of rotatable bonds is 2. The molecule has 0 unspecified atom stereocenters. The minimum Gasteiger partial charge on any atom is -0.394 e. The molecule has 0 aromatic carbocycles. The topological polar surface area (TPSA) is 90.4 Å². The molecule has 1 aliphatic rings. The smallest absolute Gasteiger partial charge is 0.351 e. The fourth-order valence-electron chi connectivity index (χ4n) is 1.67. The number of aliphatic hydroxyl groups is 1. The molecule has 2 heterocycles. The van der Waals surface area contributed by atoms with Crippen LogP contribution in [-0.2, 0) is 4.74 Å². The van der Waals surface area contributed by atoms with Gasteiger partial charge < -0.3 is 15.6 Å². The number of ether oxygens (including phenoxy) is 1. The molecule has 6 heteroatoms. The van der Waals surface area contributed by atoms with Crippen LogP contribution in [0.25, 0.3) is 0 Å². The maximum absolute atomic E-state index is 11.5. The van der Waals surface area contributed by atoms with E-state index in [1.807, 2.05) is 0 Å². The van der Waals surface area contributed by atoms with Crippen LogP contribution in [0.1, 0.15) is 19.1 Å². The van der Waals surface area contributed by atoms with Crippen molar-refractivity contribution in [1.29, 1.82) is 0 Å². The maximum Gasteiger partial charge on any atom is 0.351 e. The molecule has 3 N–H and O–H groups in total. The van der Waals surface area contributed by atoms with Gasteiger partial charge in [0.05, 0.1) is 12.7 Å². The lowest BCUT2D eigenvalue weighted by Gasteiger charge is -2.14. The van der Waals surface area contributed by atoms with E-state index in [1.165, 1.54) is 4.57 Å². The summed E-state index contributed by atoms with van der Waals surface area (Å²) in [4.78, 5) is 15.1. The third-order valence-electron chi connectivity index (χ3n) is 2.45. The Morgan fingerprint density at radius 3 is 3.07 bits per heavy atom. The fourth-order valence-corrected chi connectivity index (χ4v) is 1.67. The quantitative estimate of drug-likeness (QED) is 0.688. The standard InChI is InChI=1S/C9H13N3O3/c10-7-3-4-12(9(14)11-7)8-2-1-6(5-13)15-8/h3-4,6,8,13H,1-2,5H2,(H2,10,11,14)/t6-,8-/m0/s1. The predicted octanol–water partition coefficient (Wildman–Crippen LogP) is -0.505. The van der Waals surface area contributed by atoms with Gasteiger partial charge in [0, 0.05) is 6.20 Å². The molecule has 0 aliphatic carbocycles. The van der Waals surface area contributed by atoms with Gasteiger partial charge in [0.25, 0.3) is 0 Å². The van der Waals surface area contributed by atoms with Crippen LogP contribution in [0, 0.1) is 0 Å². The monoisotopic (exact) mass is 211 g/mol. The third-order valence-corrected chi connectivity index (χ3v) is 2.45. The Morgan fingerprint density at radius 2 is 2.47 bits per heavy atom. The zero-order chi connectivity index (χ0) is 10.8. The van der Waals surface area contributed by atoms with Crippen LogP contribution in [0.5, 0.6) is 0 Å². The highest BCUT2D eigenvalue weighted by molar-refractivity contribution is 5.23. The van der Waals surface area contributed by atoms with E-state index in [9.17, 15) is 4.79 Å². The largest absolute Gasteiger partial charge is 0.394 e. The first-order chi connectivity index (χ1) is 7.20. The molecule has 82 valence electrons. The fraction of sp³-hybridized carbons (Fsp3) is 0.556. The Balaban J connectivity index is 2.20. The van der Waals surface area contributed by atoms with Crippen molar-refractivity contribution in [2.24, 2.45) is 0 Å². The lowest BCUT2D eigenvalue weighted by Crippen LogP contribution is -2.27. The lowest BCUT2D eigenvalue weighted by atomic mass is 10.2. The number of nitrogens with zero attached hydrogens (tertiary/aromatic N) is 2. The summed E-state index contributed by atoms with van der Waals surface area (Å²) >= 11 is 0. The van der Waals surface area contributed by atoms with Gasteiger partial charge in [-0.1, -0.05) is 0 Å². The Hall–Kier alpha value is -1.40. The van der Waals surface area contributed by atoms with Crippen LogP contribution < -0.4 is 11.4 Å². The number of nitrogens with two attached hydrogens (primary N) is 1. The molecule has 0 amide bonds. The van der Waals surface area contributed by atoms with Crippen LogP contribution in [0.3, 0.4) is 0 Å².